The van der Waals surface area contributed by atoms with Crippen LogP contribution in [0.5, 0.6) is 0 Å². The zero-order valence-corrected chi connectivity index (χ0v) is 11.3. The van der Waals surface area contributed by atoms with Crippen LogP contribution in [0.25, 0.3) is 0 Å². The molecule has 0 spiro atoms. The summed E-state index contributed by atoms with van der Waals surface area (Å²) in [4.78, 5) is 13.1. The summed E-state index contributed by atoms with van der Waals surface area (Å²) in [7, 11) is 1.67. The predicted octanol–water partition coefficient (Wildman–Crippen LogP) is 3.89. The Hall–Kier alpha value is -1.06. The first-order chi connectivity index (χ1) is 8.15. The summed E-state index contributed by atoms with van der Waals surface area (Å²) in [5, 5.41) is 0.0953. The Kier molecular flexibility index (Phi) is 6.01. The number of methoxy groups -OCH3 is 1. The number of allylic oxidation sites excluding steroid dienone is 1. The normalized spacial score (nSPS) is 10.1. The molecular formula is C14H18O2S. The van der Waals surface area contributed by atoms with Crippen molar-refractivity contribution >= 4 is 16.9 Å². The quantitative estimate of drug-likeness (QED) is 0.793. The van der Waals surface area contributed by atoms with Crippen molar-refractivity contribution < 1.29 is 9.53 Å². The zero-order chi connectivity index (χ0) is 12.7. The number of carbonyl (C=O) groups excluding carboxylic acids is 1. The largest absolute Gasteiger partial charge is 0.384 e. The van der Waals surface area contributed by atoms with Crippen LogP contribution in [0.2, 0.25) is 0 Å². The maximum absolute atomic E-state index is 12.0. The van der Waals surface area contributed by atoms with Crippen molar-refractivity contribution in [3.05, 3.63) is 46.4 Å². The molecule has 17 heavy (non-hydrogen) atoms. The lowest BCUT2D eigenvalue weighted by atomic mass is 10.2. The average Bonchev–Trinajstić information content (AvgIpc) is 2.35. The predicted molar refractivity (Wildman–Crippen MR) is 73.2 cm³/mol. The highest BCUT2D eigenvalue weighted by Gasteiger charge is 2.10. The van der Waals surface area contributed by atoms with Gasteiger partial charge in [0.05, 0.1) is 6.61 Å². The van der Waals surface area contributed by atoms with Gasteiger partial charge in [-0.2, -0.15) is 0 Å². The van der Waals surface area contributed by atoms with Crippen molar-refractivity contribution in [1.82, 2.24) is 0 Å². The molecule has 0 aromatic heterocycles. The van der Waals surface area contributed by atoms with Crippen molar-refractivity contribution in [2.45, 2.75) is 20.3 Å². The van der Waals surface area contributed by atoms with Crippen LogP contribution >= 0.6 is 11.8 Å². The number of rotatable bonds is 5. The number of thioether (sulfide) groups is 1. The van der Waals surface area contributed by atoms with E-state index >= 15 is 0 Å². The molecule has 0 atom stereocenters. The minimum absolute atomic E-state index is 0.0953. The van der Waals surface area contributed by atoms with Crippen LogP contribution in [0.1, 0.15) is 30.6 Å². The molecule has 0 N–H and O–H groups in total. The molecule has 1 aromatic rings. The molecule has 1 rings (SSSR count). The van der Waals surface area contributed by atoms with E-state index in [0.717, 1.165) is 16.9 Å². The molecule has 2 nitrogen and oxygen atoms in total. The summed E-state index contributed by atoms with van der Waals surface area (Å²) >= 11 is 1.31. The Morgan fingerprint density at radius 2 is 1.88 bits per heavy atom. The van der Waals surface area contributed by atoms with E-state index in [4.69, 9.17) is 4.74 Å². The van der Waals surface area contributed by atoms with Gasteiger partial charge in [0.15, 0.2) is 0 Å². The van der Waals surface area contributed by atoms with Crippen LogP contribution in [0.15, 0.2) is 40.8 Å². The van der Waals surface area contributed by atoms with E-state index < -0.39 is 0 Å². The highest BCUT2D eigenvalue weighted by molar-refractivity contribution is 8.17. The number of ether oxygens (including phenoxy) is 1. The van der Waals surface area contributed by atoms with Crippen LogP contribution < -0.4 is 0 Å². The Morgan fingerprint density at radius 3 is 2.41 bits per heavy atom. The Bertz CT molecular complexity index is 392. The highest BCUT2D eigenvalue weighted by atomic mass is 32.2. The van der Waals surface area contributed by atoms with Crippen LogP contribution in [0.3, 0.4) is 0 Å². The summed E-state index contributed by atoms with van der Waals surface area (Å²) < 4.78 is 5.05. The van der Waals surface area contributed by atoms with E-state index in [1.165, 1.54) is 17.3 Å². The van der Waals surface area contributed by atoms with Crippen LogP contribution in [-0.4, -0.2) is 18.8 Å². The van der Waals surface area contributed by atoms with Gasteiger partial charge >= 0.3 is 0 Å². The molecule has 92 valence electrons. The average molecular weight is 250 g/mol. The molecule has 0 bridgehead atoms. The topological polar surface area (TPSA) is 26.3 Å². The van der Waals surface area contributed by atoms with Gasteiger partial charge in [-0.15, -0.1) is 0 Å². The highest BCUT2D eigenvalue weighted by Crippen LogP contribution is 2.26. The molecule has 0 aliphatic carbocycles. The Morgan fingerprint density at radius 1 is 1.24 bits per heavy atom. The summed E-state index contributed by atoms with van der Waals surface area (Å²) in [6, 6.07) is 9.35. The fourth-order valence-electron chi connectivity index (χ4n) is 1.34. The SMILES string of the molecule is COCCC(SC(=O)c1ccccc1)=C(C)C. The van der Waals surface area contributed by atoms with Gasteiger partial charge in [-0.25, -0.2) is 0 Å². The van der Waals surface area contributed by atoms with Gasteiger partial charge in [0, 0.05) is 19.1 Å². The minimum atomic E-state index is 0.0953. The molecule has 1 aromatic carbocycles. The van der Waals surface area contributed by atoms with E-state index in [0.29, 0.717) is 6.61 Å². The van der Waals surface area contributed by atoms with E-state index in [2.05, 4.69) is 0 Å². The third kappa shape index (κ3) is 4.75. The first-order valence-electron chi connectivity index (χ1n) is 5.57. The standard InChI is InChI=1S/C14H18O2S/c1-11(2)13(9-10-16-3)17-14(15)12-7-5-4-6-8-12/h4-8H,9-10H2,1-3H3. The minimum Gasteiger partial charge on any atom is -0.384 e. The van der Waals surface area contributed by atoms with Gasteiger partial charge in [0.1, 0.15) is 0 Å². The molecule has 0 heterocycles. The van der Waals surface area contributed by atoms with Gasteiger partial charge in [-0.05, 0) is 18.8 Å². The summed E-state index contributed by atoms with van der Waals surface area (Å²) in [6.07, 6.45) is 0.794. The second-order valence-electron chi connectivity index (χ2n) is 3.92. The molecule has 0 unspecified atom stereocenters. The van der Waals surface area contributed by atoms with Crippen LogP contribution in [-0.2, 0) is 4.74 Å². The molecule has 0 fully saturated rings. The molecule has 0 aliphatic rings. The van der Waals surface area contributed by atoms with Gasteiger partial charge < -0.3 is 4.74 Å². The maximum atomic E-state index is 12.0. The van der Waals surface area contributed by atoms with Crippen molar-refractivity contribution in [1.29, 1.82) is 0 Å². The molecule has 0 radical (unpaired) electrons. The lowest BCUT2D eigenvalue weighted by Gasteiger charge is -2.08. The third-order valence-electron chi connectivity index (χ3n) is 2.32. The first kappa shape index (κ1) is 14.0. The monoisotopic (exact) mass is 250 g/mol. The fraction of sp³-hybridized carbons (Fsp3) is 0.357. The van der Waals surface area contributed by atoms with E-state index in [1.54, 1.807) is 7.11 Å². The summed E-state index contributed by atoms with van der Waals surface area (Å²) in [6.45, 7) is 4.70. The van der Waals surface area contributed by atoms with E-state index in [9.17, 15) is 4.79 Å². The second kappa shape index (κ2) is 7.30. The van der Waals surface area contributed by atoms with Crippen LogP contribution in [0, 0.1) is 0 Å². The van der Waals surface area contributed by atoms with E-state index in [1.807, 2.05) is 44.2 Å². The molecule has 3 heteroatoms. The van der Waals surface area contributed by atoms with Gasteiger partial charge in [0.25, 0.3) is 0 Å². The number of hydrogen-bond acceptors (Lipinski definition) is 3. The van der Waals surface area contributed by atoms with Crippen molar-refractivity contribution in [3.63, 3.8) is 0 Å². The lowest BCUT2D eigenvalue weighted by molar-refractivity contribution is 0.108. The Labute approximate surface area is 107 Å². The second-order valence-corrected chi connectivity index (χ2v) is 4.99. The molecule has 0 aliphatic heterocycles. The van der Waals surface area contributed by atoms with Gasteiger partial charge in [-0.1, -0.05) is 47.7 Å². The van der Waals surface area contributed by atoms with Crippen molar-refractivity contribution in [2.24, 2.45) is 0 Å². The number of carbonyl (C=O) groups is 1. The fourth-order valence-corrected chi connectivity index (χ4v) is 2.21. The van der Waals surface area contributed by atoms with Gasteiger partial charge in [0.2, 0.25) is 5.12 Å². The van der Waals surface area contributed by atoms with E-state index in [-0.39, 0.29) is 5.12 Å². The number of benzene rings is 1. The lowest BCUT2D eigenvalue weighted by Crippen LogP contribution is -1.97. The van der Waals surface area contributed by atoms with Crippen LogP contribution in [0.4, 0.5) is 0 Å². The molecule has 0 amide bonds. The summed E-state index contributed by atoms with van der Waals surface area (Å²) in [5.41, 5.74) is 1.92. The third-order valence-corrected chi connectivity index (χ3v) is 3.60. The smallest absolute Gasteiger partial charge is 0.223 e. The van der Waals surface area contributed by atoms with Crippen molar-refractivity contribution in [2.75, 3.05) is 13.7 Å². The number of hydrogen-bond donors (Lipinski definition) is 0. The maximum Gasteiger partial charge on any atom is 0.223 e. The molecule has 0 saturated heterocycles. The Balaban J connectivity index is 2.69. The zero-order valence-electron chi connectivity index (χ0n) is 10.5. The molecule has 0 saturated carbocycles. The van der Waals surface area contributed by atoms with Crippen molar-refractivity contribution in [3.8, 4) is 0 Å². The first-order valence-corrected chi connectivity index (χ1v) is 6.39. The molecular weight excluding hydrogens is 232 g/mol. The summed E-state index contributed by atoms with van der Waals surface area (Å²) in [5.74, 6) is 0. The van der Waals surface area contributed by atoms with Gasteiger partial charge in [-0.3, -0.25) is 4.79 Å².